The molecule has 1 aromatic carbocycles. The van der Waals surface area contributed by atoms with Gasteiger partial charge in [0.25, 0.3) is 0 Å². The first-order valence-electron chi connectivity index (χ1n) is 5.88. The van der Waals surface area contributed by atoms with E-state index in [4.69, 9.17) is 0 Å². The summed E-state index contributed by atoms with van der Waals surface area (Å²) in [6.07, 6.45) is 6.29. The van der Waals surface area contributed by atoms with Gasteiger partial charge in [0.15, 0.2) is 0 Å². The number of para-hydroxylation sites is 1. The van der Waals surface area contributed by atoms with E-state index < -0.39 is 0 Å². The molecule has 0 N–H and O–H groups in total. The van der Waals surface area contributed by atoms with Crippen molar-refractivity contribution in [3.8, 4) is 0 Å². The number of hydrogen-bond donors (Lipinski definition) is 0. The first-order valence-corrected chi connectivity index (χ1v) is 6.69. The molecule has 0 saturated heterocycles. The Hall–Kier alpha value is -2.16. The number of benzene rings is 1. The van der Waals surface area contributed by atoms with Gasteiger partial charge in [-0.05, 0) is 29.5 Å². The molecule has 4 heteroatoms. The lowest BCUT2D eigenvalue weighted by molar-refractivity contribution is 1.28. The molecule has 2 heterocycles. The quantitative estimate of drug-likeness (QED) is 0.708. The van der Waals surface area contributed by atoms with Crippen LogP contribution in [0.2, 0.25) is 0 Å². The summed E-state index contributed by atoms with van der Waals surface area (Å²) in [4.78, 5) is 12.9. The third-order valence-electron chi connectivity index (χ3n) is 2.74. The third-order valence-corrected chi connectivity index (χ3v) is 3.62. The monoisotopic (exact) mass is 265 g/mol. The molecule has 1 aromatic rings. The summed E-state index contributed by atoms with van der Waals surface area (Å²) in [6, 6.07) is 8.03. The van der Waals surface area contributed by atoms with E-state index in [1.807, 2.05) is 24.4 Å². The predicted molar refractivity (Wildman–Crippen MR) is 80.6 cm³/mol. The van der Waals surface area contributed by atoms with Crippen LogP contribution in [0.15, 0.2) is 67.7 Å². The second-order valence-corrected chi connectivity index (χ2v) is 5.12. The van der Waals surface area contributed by atoms with Gasteiger partial charge in [-0.1, -0.05) is 30.9 Å². The summed E-state index contributed by atoms with van der Waals surface area (Å²) >= 11 is 1.45. The SMILES string of the molecule is C=C1N=c2cccc/c2=C/CC2=C(N=C=CN=C2)S1. The van der Waals surface area contributed by atoms with Crippen LogP contribution in [0.4, 0.5) is 0 Å². The topological polar surface area (TPSA) is 37.1 Å². The van der Waals surface area contributed by atoms with Crippen molar-refractivity contribution in [3.05, 3.63) is 63.3 Å². The highest BCUT2D eigenvalue weighted by Crippen LogP contribution is 2.29. The van der Waals surface area contributed by atoms with Crippen molar-refractivity contribution in [2.45, 2.75) is 6.42 Å². The Morgan fingerprint density at radius 1 is 1.26 bits per heavy atom. The van der Waals surface area contributed by atoms with Crippen LogP contribution in [0.1, 0.15) is 6.42 Å². The number of nitrogens with zero attached hydrogens (tertiary/aromatic N) is 3. The fourth-order valence-electron chi connectivity index (χ4n) is 1.85. The largest absolute Gasteiger partial charge is 0.254 e. The Balaban J connectivity index is 2.18. The smallest absolute Gasteiger partial charge is 0.117 e. The predicted octanol–water partition coefficient (Wildman–Crippen LogP) is 2.17. The molecular formula is C15H11N3S. The van der Waals surface area contributed by atoms with E-state index in [1.165, 1.54) is 11.8 Å². The van der Waals surface area contributed by atoms with E-state index in [1.54, 1.807) is 6.20 Å². The lowest BCUT2D eigenvalue weighted by Crippen LogP contribution is -2.23. The van der Waals surface area contributed by atoms with Gasteiger partial charge in [-0.25, -0.2) is 4.99 Å². The van der Waals surface area contributed by atoms with Crippen LogP contribution in [-0.4, -0.2) is 12.1 Å². The zero-order valence-electron chi connectivity index (χ0n) is 10.2. The highest BCUT2D eigenvalue weighted by molar-refractivity contribution is 8.06. The minimum absolute atomic E-state index is 0.719. The molecule has 0 saturated carbocycles. The van der Waals surface area contributed by atoms with Crippen molar-refractivity contribution >= 4 is 29.9 Å². The summed E-state index contributed by atoms with van der Waals surface area (Å²) < 4.78 is 0. The molecule has 0 atom stereocenters. The van der Waals surface area contributed by atoms with E-state index in [0.29, 0.717) is 0 Å². The van der Waals surface area contributed by atoms with Gasteiger partial charge in [0.1, 0.15) is 5.03 Å². The molecule has 2 aliphatic heterocycles. The number of rotatable bonds is 0. The molecule has 92 valence electrons. The molecular weight excluding hydrogens is 254 g/mol. The van der Waals surface area contributed by atoms with Crippen molar-refractivity contribution in [1.82, 2.24) is 0 Å². The molecule has 0 radical (unpaired) electrons. The maximum atomic E-state index is 4.54. The van der Waals surface area contributed by atoms with Gasteiger partial charge in [-0.15, -0.1) is 0 Å². The van der Waals surface area contributed by atoms with Crippen molar-refractivity contribution < 1.29 is 0 Å². The second kappa shape index (κ2) is 5.22. The molecule has 3 rings (SSSR count). The summed E-state index contributed by atoms with van der Waals surface area (Å²) in [5.74, 6) is 2.78. The maximum Gasteiger partial charge on any atom is 0.117 e. The Labute approximate surface area is 115 Å². The fraction of sp³-hybridized carbons (Fsp3) is 0.0667. The normalized spacial score (nSPS) is 19.2. The molecule has 0 spiro atoms. The first kappa shape index (κ1) is 11.9. The van der Waals surface area contributed by atoms with Crippen LogP contribution in [0.5, 0.6) is 0 Å². The average molecular weight is 265 g/mol. The zero-order chi connectivity index (χ0) is 13.1. The Kier molecular flexibility index (Phi) is 3.27. The minimum atomic E-state index is 0.719. The molecule has 0 unspecified atom stereocenters. The molecule has 3 nitrogen and oxygen atoms in total. The number of aliphatic imine (C=N–C) groups is 2. The van der Waals surface area contributed by atoms with Gasteiger partial charge in [0.2, 0.25) is 0 Å². The summed E-state index contributed by atoms with van der Waals surface area (Å²) in [5, 5.41) is 3.62. The number of thioether (sulfide) groups is 1. The zero-order valence-corrected chi connectivity index (χ0v) is 11.0. The van der Waals surface area contributed by atoms with Crippen LogP contribution >= 0.6 is 11.8 Å². The van der Waals surface area contributed by atoms with Crippen LogP contribution in [0.25, 0.3) is 6.08 Å². The number of allylic oxidation sites excluding steroid dienone is 1. The molecule has 19 heavy (non-hydrogen) atoms. The third kappa shape index (κ3) is 2.65. The van der Waals surface area contributed by atoms with E-state index >= 15 is 0 Å². The van der Waals surface area contributed by atoms with E-state index in [2.05, 4.69) is 39.6 Å². The Morgan fingerprint density at radius 3 is 3.11 bits per heavy atom. The summed E-state index contributed by atoms with van der Waals surface area (Å²) in [7, 11) is 0. The van der Waals surface area contributed by atoms with E-state index in [9.17, 15) is 0 Å². The van der Waals surface area contributed by atoms with Crippen molar-refractivity contribution in [1.29, 1.82) is 0 Å². The average Bonchev–Trinajstić information content (AvgIpc) is 2.59. The van der Waals surface area contributed by atoms with Gasteiger partial charge in [0, 0.05) is 17.7 Å². The lowest BCUT2D eigenvalue weighted by atomic mass is 10.1. The van der Waals surface area contributed by atoms with Gasteiger partial charge >= 0.3 is 0 Å². The van der Waals surface area contributed by atoms with Gasteiger partial charge in [-0.2, -0.15) is 4.99 Å². The van der Waals surface area contributed by atoms with Crippen LogP contribution in [-0.2, 0) is 0 Å². The number of hydrogen-bond acceptors (Lipinski definition) is 4. The van der Waals surface area contributed by atoms with Crippen LogP contribution in [0, 0.1) is 0 Å². The molecule has 0 amide bonds. The Bertz CT molecular complexity index is 778. The molecule has 0 fully saturated rings. The van der Waals surface area contributed by atoms with E-state index in [0.717, 1.165) is 32.6 Å². The maximum absolute atomic E-state index is 4.54. The van der Waals surface area contributed by atoms with Crippen molar-refractivity contribution in [2.75, 3.05) is 0 Å². The highest BCUT2D eigenvalue weighted by atomic mass is 32.2. The van der Waals surface area contributed by atoms with E-state index in [-0.39, 0.29) is 0 Å². The summed E-state index contributed by atoms with van der Waals surface area (Å²) in [5.41, 5.74) is 1.05. The standard InChI is InChI=1S/C15H11N3S/c1-11-18-14-5-3-2-4-12(14)6-7-13-10-16-8-9-17-15(13)19-11/h2-6,8,10H,1,7H2/b12-6-,18-14?. The van der Waals surface area contributed by atoms with Crippen molar-refractivity contribution in [3.63, 3.8) is 0 Å². The van der Waals surface area contributed by atoms with Crippen molar-refractivity contribution in [2.24, 2.45) is 15.0 Å². The fourth-order valence-corrected chi connectivity index (χ4v) is 2.59. The van der Waals surface area contributed by atoms with Crippen LogP contribution < -0.4 is 10.6 Å². The van der Waals surface area contributed by atoms with Gasteiger partial charge in [-0.3, -0.25) is 4.99 Å². The molecule has 2 aliphatic rings. The number of fused-ring (bicyclic) bond motifs is 1. The molecule has 0 aliphatic carbocycles. The first-order chi connectivity index (χ1) is 9.33. The lowest BCUT2D eigenvalue weighted by Gasteiger charge is -2.02. The Morgan fingerprint density at radius 2 is 2.16 bits per heavy atom. The molecule has 0 bridgehead atoms. The highest BCUT2D eigenvalue weighted by Gasteiger charge is 2.08. The second-order valence-electron chi connectivity index (χ2n) is 4.05. The summed E-state index contributed by atoms with van der Waals surface area (Å²) in [6.45, 7) is 3.98. The van der Waals surface area contributed by atoms with Crippen LogP contribution in [0.3, 0.4) is 0 Å². The minimum Gasteiger partial charge on any atom is -0.254 e. The van der Waals surface area contributed by atoms with Gasteiger partial charge < -0.3 is 0 Å². The van der Waals surface area contributed by atoms with Gasteiger partial charge in [0.05, 0.1) is 16.6 Å². The molecule has 0 aromatic heterocycles.